The maximum absolute atomic E-state index is 8.67. The molecule has 2 N–H and O–H groups in total. The summed E-state index contributed by atoms with van der Waals surface area (Å²) in [7, 11) is 0. The molecule has 2 aromatic heterocycles. The van der Waals surface area contributed by atoms with Crippen LogP contribution in [0, 0.1) is 0 Å². The number of benzene rings is 4. The fraction of sp³-hybridized carbons (Fsp3) is 0. The molecule has 0 radical (unpaired) electrons. The van der Waals surface area contributed by atoms with Gasteiger partial charge in [0.2, 0.25) is 0 Å². The van der Waals surface area contributed by atoms with Crippen LogP contribution >= 0.6 is 0 Å². The zero-order chi connectivity index (χ0) is 24.9. The Hall–Kier alpha value is -3.72. The molecule has 0 amide bonds. The summed E-state index contributed by atoms with van der Waals surface area (Å²) in [5.41, 5.74) is 7.84. The van der Waals surface area contributed by atoms with Gasteiger partial charge in [-0.1, -0.05) is 60.5 Å². The summed E-state index contributed by atoms with van der Waals surface area (Å²) in [5, 5.41) is 1.50. The van der Waals surface area contributed by atoms with Gasteiger partial charge in [-0.15, -0.1) is 0 Å². The molecule has 128 valence electrons. The second-order valence-corrected chi connectivity index (χ2v) is 6.26. The van der Waals surface area contributed by atoms with Crippen LogP contribution in [0.15, 0.2) is 89.2 Å². The van der Waals surface area contributed by atoms with Crippen molar-refractivity contribution in [2.75, 3.05) is 5.73 Å². The first-order valence-electron chi connectivity index (χ1n) is 12.4. The number of nitrogens with zero attached hydrogens (tertiary/aromatic N) is 1. The molecule has 0 bridgehead atoms. The van der Waals surface area contributed by atoms with E-state index >= 15 is 0 Å². The van der Waals surface area contributed by atoms with Crippen molar-refractivity contribution in [1.29, 1.82) is 0 Å². The number of hydrogen-bond donors (Lipinski definition) is 1. The monoisotopic (exact) mass is 356 g/mol. The molecule has 6 rings (SSSR count). The van der Waals surface area contributed by atoms with Crippen molar-refractivity contribution < 1.29 is 15.4 Å². The maximum atomic E-state index is 8.67. The van der Waals surface area contributed by atoms with Crippen molar-refractivity contribution in [1.82, 2.24) is 4.57 Å². The molecule has 0 aliphatic heterocycles. The molecule has 27 heavy (non-hydrogen) atoms. The van der Waals surface area contributed by atoms with E-state index in [1.165, 1.54) is 4.57 Å². The van der Waals surface area contributed by atoms with Crippen LogP contribution in [0.3, 0.4) is 0 Å². The minimum Gasteiger partial charge on any atom is -0.452 e. The molecule has 0 atom stereocenters. The van der Waals surface area contributed by atoms with Crippen LogP contribution in [0.25, 0.3) is 49.4 Å². The predicted octanol–water partition coefficient (Wildman–Crippen LogP) is 6.27. The van der Waals surface area contributed by atoms with Crippen LogP contribution in [-0.4, -0.2) is 4.57 Å². The number of para-hydroxylation sites is 4. The molecular weight excluding hydrogens is 332 g/mol. The lowest BCUT2D eigenvalue weighted by Gasteiger charge is -2.08. The SMILES string of the molecule is [2H]c1c([2H])c([2H])c2c(c1[2H])c1c([2H])c([2H])c([2H])c([2H])c1n2-c1cccc2c1oc1c(N)cccc12. The summed E-state index contributed by atoms with van der Waals surface area (Å²) in [6.07, 6.45) is 0. The summed E-state index contributed by atoms with van der Waals surface area (Å²) in [5.74, 6) is 0. The Balaban J connectivity index is 1.96. The fourth-order valence-electron chi connectivity index (χ4n) is 3.66. The average molecular weight is 356 g/mol. The minimum atomic E-state index is -0.483. The van der Waals surface area contributed by atoms with Crippen molar-refractivity contribution in [3.63, 3.8) is 0 Å². The van der Waals surface area contributed by atoms with Gasteiger partial charge in [-0.3, -0.25) is 0 Å². The van der Waals surface area contributed by atoms with E-state index in [2.05, 4.69) is 0 Å². The normalized spacial score (nSPS) is 16.0. The second-order valence-electron chi connectivity index (χ2n) is 6.26. The number of aromatic nitrogens is 1. The van der Waals surface area contributed by atoms with Crippen LogP contribution in [0.5, 0.6) is 0 Å². The average Bonchev–Trinajstić information content (AvgIpc) is 3.41. The molecule has 0 saturated carbocycles. The van der Waals surface area contributed by atoms with E-state index < -0.39 is 24.2 Å². The van der Waals surface area contributed by atoms with Gasteiger partial charge in [0.1, 0.15) is 0 Å². The smallest absolute Gasteiger partial charge is 0.159 e. The van der Waals surface area contributed by atoms with Gasteiger partial charge in [-0.25, -0.2) is 0 Å². The van der Waals surface area contributed by atoms with E-state index in [1.807, 2.05) is 12.1 Å². The molecule has 0 saturated heterocycles. The Bertz CT molecular complexity index is 1830. The van der Waals surface area contributed by atoms with E-state index in [9.17, 15) is 0 Å². The van der Waals surface area contributed by atoms with Crippen LogP contribution in [0.4, 0.5) is 5.69 Å². The summed E-state index contributed by atoms with van der Waals surface area (Å²) in [6.45, 7) is 0. The molecule has 3 heteroatoms. The number of nitrogens with two attached hydrogens (primary N) is 1. The molecule has 0 unspecified atom stereocenters. The quantitative estimate of drug-likeness (QED) is 0.353. The fourth-order valence-corrected chi connectivity index (χ4v) is 3.66. The van der Waals surface area contributed by atoms with E-state index in [-0.39, 0.29) is 46.0 Å². The van der Waals surface area contributed by atoms with Crippen molar-refractivity contribution in [3.8, 4) is 5.69 Å². The maximum Gasteiger partial charge on any atom is 0.159 e. The van der Waals surface area contributed by atoms with Gasteiger partial charge >= 0.3 is 0 Å². The summed E-state index contributed by atoms with van der Waals surface area (Å²) >= 11 is 0. The van der Waals surface area contributed by atoms with Gasteiger partial charge in [-0.2, -0.15) is 0 Å². The van der Waals surface area contributed by atoms with Crippen LogP contribution in [0.2, 0.25) is 0 Å². The first kappa shape index (κ1) is 8.78. The molecule has 2 heterocycles. The third kappa shape index (κ3) is 1.86. The van der Waals surface area contributed by atoms with Gasteiger partial charge < -0.3 is 14.7 Å². The van der Waals surface area contributed by atoms with E-state index in [4.69, 9.17) is 21.1 Å². The number of fused-ring (bicyclic) bond motifs is 6. The van der Waals surface area contributed by atoms with Gasteiger partial charge in [0.25, 0.3) is 0 Å². The lowest BCUT2D eigenvalue weighted by Crippen LogP contribution is -1.93. The van der Waals surface area contributed by atoms with E-state index in [0.717, 1.165) is 5.39 Å². The standard InChI is InChI=1S/C24H16N2O/c25-19-11-5-9-17-18-10-6-14-22(24(18)27-23(17)19)26-20-12-3-1-7-15(20)16-8-2-4-13-21(16)26/h1-14H,25H2/i1D,2D,3D,4D,7D,8D,12D,13D. The Morgan fingerprint density at radius 1 is 0.704 bits per heavy atom. The van der Waals surface area contributed by atoms with Crippen molar-refractivity contribution in [2.45, 2.75) is 0 Å². The third-order valence-electron chi connectivity index (χ3n) is 4.81. The predicted molar refractivity (Wildman–Crippen MR) is 112 cm³/mol. The first-order chi connectivity index (χ1) is 16.6. The van der Waals surface area contributed by atoms with Crippen LogP contribution < -0.4 is 5.73 Å². The highest BCUT2D eigenvalue weighted by Crippen LogP contribution is 2.38. The van der Waals surface area contributed by atoms with Crippen molar-refractivity contribution in [2.24, 2.45) is 0 Å². The topological polar surface area (TPSA) is 44.1 Å². The number of nitrogen functional groups attached to an aromatic ring is 1. The molecule has 0 spiro atoms. The molecular formula is C24H16N2O. The largest absolute Gasteiger partial charge is 0.452 e. The number of rotatable bonds is 1. The minimum absolute atomic E-state index is 0.0191. The van der Waals surface area contributed by atoms with Gasteiger partial charge in [0, 0.05) is 21.5 Å². The number of anilines is 1. The summed E-state index contributed by atoms with van der Waals surface area (Å²) in [6, 6.07) is 7.25. The van der Waals surface area contributed by atoms with E-state index in [0.29, 0.717) is 27.9 Å². The van der Waals surface area contributed by atoms with Crippen LogP contribution in [0.1, 0.15) is 11.0 Å². The lowest BCUT2D eigenvalue weighted by atomic mass is 10.1. The van der Waals surface area contributed by atoms with E-state index in [1.54, 1.807) is 24.3 Å². The molecule has 4 aromatic carbocycles. The van der Waals surface area contributed by atoms with Gasteiger partial charge in [0.05, 0.1) is 33.4 Å². The van der Waals surface area contributed by atoms with Gasteiger partial charge in [-0.05, 0) is 24.2 Å². The highest BCUT2D eigenvalue weighted by atomic mass is 16.3. The van der Waals surface area contributed by atoms with Crippen LogP contribution in [-0.2, 0) is 0 Å². The Kier molecular flexibility index (Phi) is 1.67. The Labute approximate surface area is 166 Å². The van der Waals surface area contributed by atoms with Crippen molar-refractivity contribution in [3.05, 3.63) is 84.7 Å². The molecule has 6 aromatic rings. The number of furan rings is 1. The summed E-state index contributed by atoms with van der Waals surface area (Å²) < 4.78 is 74.9. The highest BCUT2D eigenvalue weighted by molar-refractivity contribution is 6.13. The molecule has 0 aliphatic carbocycles. The lowest BCUT2D eigenvalue weighted by molar-refractivity contribution is 0.668. The Morgan fingerprint density at radius 3 is 2.00 bits per heavy atom. The van der Waals surface area contributed by atoms with Crippen molar-refractivity contribution >= 4 is 49.4 Å². The third-order valence-corrected chi connectivity index (χ3v) is 4.81. The van der Waals surface area contributed by atoms with Gasteiger partial charge in [0.15, 0.2) is 11.2 Å². The first-order valence-corrected chi connectivity index (χ1v) is 8.36. The second kappa shape index (κ2) is 5.15. The molecule has 3 nitrogen and oxygen atoms in total. The molecule has 0 fully saturated rings. The molecule has 0 aliphatic rings. The number of hydrogen-bond acceptors (Lipinski definition) is 2. The zero-order valence-corrected chi connectivity index (χ0v) is 13.9. The highest BCUT2D eigenvalue weighted by Gasteiger charge is 2.17. The summed E-state index contributed by atoms with van der Waals surface area (Å²) in [4.78, 5) is 0. The zero-order valence-electron chi connectivity index (χ0n) is 21.9. The Morgan fingerprint density at radius 2 is 1.30 bits per heavy atom.